The van der Waals surface area contributed by atoms with Gasteiger partial charge in [0.1, 0.15) is 5.82 Å². The van der Waals surface area contributed by atoms with Crippen molar-refractivity contribution in [1.82, 2.24) is 4.90 Å². The number of aryl methyl sites for hydroxylation is 1. The van der Waals surface area contributed by atoms with Gasteiger partial charge in [-0.3, -0.25) is 14.3 Å². The fourth-order valence-corrected chi connectivity index (χ4v) is 6.46. The standard InChI is InChI=1S/C23H30FN2O4P/c1-17-4-6-18(7-5-17)21-14-20(24)9-8-19(21)15-26-12-13-31(29,30)23(16-26,22(27)28)10-2-3-11-25/h4-9,14H,2-3,10-13,15-16,25H2,1H3,(H,27,28)(H,29,30)/t23-/m0/s1. The van der Waals surface area contributed by atoms with Gasteiger partial charge in [0.25, 0.3) is 0 Å². The van der Waals surface area contributed by atoms with Gasteiger partial charge in [-0.25, -0.2) is 4.39 Å². The van der Waals surface area contributed by atoms with Crippen molar-refractivity contribution in [3.63, 3.8) is 0 Å². The van der Waals surface area contributed by atoms with Gasteiger partial charge < -0.3 is 15.7 Å². The molecule has 0 spiro atoms. The first kappa shape index (κ1) is 23.6. The number of benzene rings is 2. The highest BCUT2D eigenvalue weighted by Crippen LogP contribution is 2.59. The molecule has 2 atom stereocenters. The molecule has 1 heterocycles. The zero-order valence-corrected chi connectivity index (χ0v) is 18.7. The minimum absolute atomic E-state index is 0.0224. The van der Waals surface area contributed by atoms with Crippen LogP contribution in [0.4, 0.5) is 4.39 Å². The molecule has 0 bridgehead atoms. The summed E-state index contributed by atoms with van der Waals surface area (Å²) in [5.41, 5.74) is 9.09. The quantitative estimate of drug-likeness (QED) is 0.419. The van der Waals surface area contributed by atoms with Gasteiger partial charge in [-0.1, -0.05) is 42.3 Å². The van der Waals surface area contributed by atoms with E-state index in [-0.39, 0.29) is 24.9 Å². The number of rotatable bonds is 8. The van der Waals surface area contributed by atoms with Crippen molar-refractivity contribution in [2.24, 2.45) is 5.73 Å². The number of hydrogen-bond acceptors (Lipinski definition) is 4. The van der Waals surface area contributed by atoms with Gasteiger partial charge in [-0.15, -0.1) is 0 Å². The van der Waals surface area contributed by atoms with E-state index in [1.807, 2.05) is 36.1 Å². The Morgan fingerprint density at radius 1 is 1.23 bits per heavy atom. The second kappa shape index (κ2) is 9.61. The SMILES string of the molecule is Cc1ccc(-c2cc(F)ccc2CN2CCP(=O)(O)[C@](CCCCN)(C(=O)O)C2)cc1. The Kier molecular flexibility index (Phi) is 7.32. The molecule has 8 heteroatoms. The van der Waals surface area contributed by atoms with E-state index in [1.54, 1.807) is 6.07 Å². The van der Waals surface area contributed by atoms with Crippen LogP contribution in [0.1, 0.15) is 30.4 Å². The summed E-state index contributed by atoms with van der Waals surface area (Å²) in [5, 5.41) is 8.26. The highest BCUT2D eigenvalue weighted by atomic mass is 31.2. The molecule has 2 aromatic carbocycles. The molecule has 1 saturated heterocycles. The number of hydrogen-bond donors (Lipinski definition) is 3. The molecule has 1 fully saturated rings. The molecule has 31 heavy (non-hydrogen) atoms. The van der Waals surface area contributed by atoms with Crippen molar-refractivity contribution in [3.8, 4) is 11.1 Å². The maximum Gasteiger partial charge on any atom is 0.320 e. The summed E-state index contributed by atoms with van der Waals surface area (Å²) >= 11 is 0. The summed E-state index contributed by atoms with van der Waals surface area (Å²) in [4.78, 5) is 24.7. The van der Waals surface area contributed by atoms with Crippen LogP contribution < -0.4 is 5.73 Å². The summed E-state index contributed by atoms with van der Waals surface area (Å²) in [6.07, 6.45) is 1.11. The normalized spacial score (nSPS) is 24.3. The molecule has 0 saturated carbocycles. The fraction of sp³-hybridized carbons (Fsp3) is 0.435. The Morgan fingerprint density at radius 2 is 1.94 bits per heavy atom. The topological polar surface area (TPSA) is 104 Å². The van der Waals surface area contributed by atoms with Gasteiger partial charge in [0, 0.05) is 25.8 Å². The third-order valence-electron chi connectivity index (χ3n) is 6.14. The molecule has 2 aromatic rings. The van der Waals surface area contributed by atoms with Gasteiger partial charge >= 0.3 is 5.97 Å². The number of carbonyl (C=O) groups is 1. The average molecular weight is 448 g/mol. The van der Waals surface area contributed by atoms with Crippen molar-refractivity contribution in [3.05, 3.63) is 59.4 Å². The minimum Gasteiger partial charge on any atom is -0.480 e. The second-order valence-electron chi connectivity index (χ2n) is 8.39. The highest BCUT2D eigenvalue weighted by molar-refractivity contribution is 7.61. The largest absolute Gasteiger partial charge is 0.480 e. The molecule has 4 N–H and O–H groups in total. The Hall–Kier alpha value is -2.05. The predicted molar refractivity (Wildman–Crippen MR) is 120 cm³/mol. The first-order chi connectivity index (χ1) is 14.7. The number of nitrogens with zero attached hydrogens (tertiary/aromatic N) is 1. The number of halogens is 1. The molecule has 0 radical (unpaired) electrons. The first-order valence-corrected chi connectivity index (χ1v) is 12.4. The molecule has 3 rings (SSSR count). The van der Waals surface area contributed by atoms with Crippen LogP contribution in [0.25, 0.3) is 11.1 Å². The molecule has 6 nitrogen and oxygen atoms in total. The maximum atomic E-state index is 14.0. The molecule has 168 valence electrons. The van der Waals surface area contributed by atoms with Crippen LogP contribution in [-0.4, -0.2) is 51.8 Å². The number of aliphatic carboxylic acids is 1. The van der Waals surface area contributed by atoms with E-state index in [0.29, 0.717) is 32.5 Å². The van der Waals surface area contributed by atoms with E-state index >= 15 is 0 Å². The van der Waals surface area contributed by atoms with Crippen LogP contribution in [0.15, 0.2) is 42.5 Å². The summed E-state index contributed by atoms with van der Waals surface area (Å²) in [5.74, 6) is -1.59. The Bertz CT molecular complexity index is 982. The Morgan fingerprint density at radius 3 is 2.58 bits per heavy atom. The van der Waals surface area contributed by atoms with E-state index < -0.39 is 18.5 Å². The van der Waals surface area contributed by atoms with Crippen LogP contribution >= 0.6 is 7.37 Å². The third kappa shape index (κ3) is 5.07. The summed E-state index contributed by atoms with van der Waals surface area (Å²) in [6.45, 7) is 3.04. The van der Waals surface area contributed by atoms with Crippen LogP contribution in [0.5, 0.6) is 0 Å². The van der Waals surface area contributed by atoms with E-state index in [1.165, 1.54) is 12.1 Å². The van der Waals surface area contributed by atoms with Crippen LogP contribution in [0.3, 0.4) is 0 Å². The third-order valence-corrected chi connectivity index (χ3v) is 8.84. The zero-order valence-electron chi connectivity index (χ0n) is 17.8. The molecule has 0 aromatic heterocycles. The first-order valence-electron chi connectivity index (χ1n) is 10.5. The molecular weight excluding hydrogens is 418 g/mol. The second-order valence-corrected chi connectivity index (χ2v) is 11.1. The monoisotopic (exact) mass is 448 g/mol. The van der Waals surface area contributed by atoms with Gasteiger partial charge in [0.05, 0.1) is 0 Å². The van der Waals surface area contributed by atoms with Gasteiger partial charge in [0.2, 0.25) is 7.37 Å². The molecule has 1 unspecified atom stereocenters. The van der Waals surface area contributed by atoms with Gasteiger partial charge in [-0.2, -0.15) is 0 Å². The molecule has 0 aliphatic carbocycles. The summed E-state index contributed by atoms with van der Waals surface area (Å²) < 4.78 is 27.0. The molecular formula is C23H30FN2O4P. The summed E-state index contributed by atoms with van der Waals surface area (Å²) in [7, 11) is -3.89. The Balaban J connectivity index is 1.90. The Labute approximate surface area is 182 Å². The van der Waals surface area contributed by atoms with Crippen LogP contribution in [0.2, 0.25) is 0 Å². The number of nitrogens with two attached hydrogens (primary N) is 1. The van der Waals surface area contributed by atoms with Gasteiger partial charge in [0.15, 0.2) is 5.16 Å². The predicted octanol–water partition coefficient (Wildman–Crippen LogP) is 3.84. The van der Waals surface area contributed by atoms with E-state index in [9.17, 15) is 23.7 Å². The number of carboxylic acids is 1. The van der Waals surface area contributed by atoms with Crippen LogP contribution in [-0.2, 0) is 15.9 Å². The van der Waals surface area contributed by atoms with E-state index in [0.717, 1.165) is 22.3 Å². The van der Waals surface area contributed by atoms with E-state index in [4.69, 9.17) is 5.73 Å². The number of unbranched alkanes of at least 4 members (excludes halogenated alkanes) is 1. The van der Waals surface area contributed by atoms with Gasteiger partial charge in [-0.05, 0) is 55.1 Å². The lowest BCUT2D eigenvalue weighted by Crippen LogP contribution is -2.53. The smallest absolute Gasteiger partial charge is 0.320 e. The van der Waals surface area contributed by atoms with Crippen molar-refractivity contribution in [1.29, 1.82) is 0 Å². The lowest BCUT2D eigenvalue weighted by Gasteiger charge is -2.43. The molecule has 0 amide bonds. The van der Waals surface area contributed by atoms with Crippen molar-refractivity contribution >= 4 is 13.3 Å². The lowest BCUT2D eigenvalue weighted by atomic mass is 9.96. The van der Waals surface area contributed by atoms with Crippen molar-refractivity contribution in [2.45, 2.75) is 37.9 Å². The molecule has 1 aliphatic heterocycles. The maximum absolute atomic E-state index is 14.0. The number of carboxylic acid groups (broad SMARTS) is 1. The zero-order chi connectivity index (χ0) is 22.6. The van der Waals surface area contributed by atoms with E-state index in [2.05, 4.69) is 0 Å². The summed E-state index contributed by atoms with van der Waals surface area (Å²) in [6, 6.07) is 12.3. The minimum atomic E-state index is -3.89. The molecule has 1 aliphatic rings. The lowest BCUT2D eigenvalue weighted by molar-refractivity contribution is -0.141. The average Bonchev–Trinajstić information content (AvgIpc) is 2.72. The van der Waals surface area contributed by atoms with Crippen molar-refractivity contribution in [2.75, 3.05) is 25.8 Å². The highest BCUT2D eigenvalue weighted by Gasteiger charge is 2.56. The van der Waals surface area contributed by atoms with Crippen LogP contribution in [0, 0.1) is 12.7 Å². The van der Waals surface area contributed by atoms with Crippen molar-refractivity contribution < 1.29 is 23.7 Å². The fourth-order valence-electron chi connectivity index (χ4n) is 4.25.